The van der Waals surface area contributed by atoms with Gasteiger partial charge in [0.05, 0.1) is 10.0 Å². The normalized spacial score (nSPS) is 10.4. The van der Waals surface area contributed by atoms with Gasteiger partial charge in [0.25, 0.3) is 0 Å². The third-order valence-electron chi connectivity index (χ3n) is 2.23. The van der Waals surface area contributed by atoms with Crippen molar-refractivity contribution in [2.45, 2.75) is 0 Å². The van der Waals surface area contributed by atoms with Crippen LogP contribution in [0.4, 0.5) is 5.82 Å². The maximum absolute atomic E-state index is 6.02. The first-order chi connectivity index (χ1) is 9.01. The lowest BCUT2D eigenvalue weighted by Gasteiger charge is -2.11. The Kier molecular flexibility index (Phi) is 4.63. The molecular weight excluding hydrogens is 330 g/mol. The van der Waals surface area contributed by atoms with E-state index in [1.807, 2.05) is 0 Å². The molecule has 0 radical (unpaired) electrons. The lowest BCUT2D eigenvalue weighted by atomic mass is 10.3. The molecule has 0 saturated heterocycles. The van der Waals surface area contributed by atoms with Gasteiger partial charge in [-0.05, 0) is 18.2 Å². The van der Waals surface area contributed by atoms with Gasteiger partial charge in [0.15, 0.2) is 0 Å². The van der Waals surface area contributed by atoms with Crippen LogP contribution < -0.4 is 10.1 Å². The fourth-order valence-corrected chi connectivity index (χ4v) is 2.17. The number of nitrogens with one attached hydrogen (secondary N) is 1. The summed E-state index contributed by atoms with van der Waals surface area (Å²) in [6, 6.07) is 6.40. The molecule has 0 unspecified atom stereocenters. The van der Waals surface area contributed by atoms with E-state index in [1.54, 1.807) is 25.2 Å². The molecular formula is C12H8Cl4N2O. The van der Waals surface area contributed by atoms with Crippen molar-refractivity contribution in [1.29, 1.82) is 0 Å². The molecule has 2 aromatic rings. The molecule has 0 aliphatic heterocycles. The van der Waals surface area contributed by atoms with Crippen LogP contribution in [0.2, 0.25) is 20.1 Å². The number of pyridine rings is 1. The number of anilines is 1. The third-order valence-corrected chi connectivity index (χ3v) is 3.34. The second-order valence-corrected chi connectivity index (χ2v) is 5.19. The fourth-order valence-electron chi connectivity index (χ4n) is 1.36. The number of rotatable bonds is 3. The Hall–Kier alpha value is -0.870. The zero-order valence-electron chi connectivity index (χ0n) is 9.68. The molecule has 0 saturated carbocycles. The van der Waals surface area contributed by atoms with Gasteiger partial charge in [0.2, 0.25) is 5.88 Å². The molecule has 1 aromatic heterocycles. The monoisotopic (exact) mass is 336 g/mol. The van der Waals surface area contributed by atoms with E-state index in [-0.39, 0.29) is 10.9 Å². The molecule has 1 N–H and O–H groups in total. The van der Waals surface area contributed by atoms with E-state index in [2.05, 4.69) is 10.3 Å². The molecule has 0 spiro atoms. The largest absolute Gasteiger partial charge is 0.436 e. The van der Waals surface area contributed by atoms with Crippen molar-refractivity contribution < 1.29 is 4.74 Å². The molecule has 0 aliphatic carbocycles. The van der Waals surface area contributed by atoms with Crippen LogP contribution in [0.5, 0.6) is 11.6 Å². The molecule has 0 fully saturated rings. The average Bonchev–Trinajstić information content (AvgIpc) is 2.37. The first kappa shape index (κ1) is 14.5. The van der Waals surface area contributed by atoms with Gasteiger partial charge in [-0.1, -0.05) is 46.4 Å². The quantitative estimate of drug-likeness (QED) is 0.799. The zero-order chi connectivity index (χ0) is 14.0. The smallest absolute Gasteiger partial charge is 0.240 e. The van der Waals surface area contributed by atoms with Crippen molar-refractivity contribution in [3.63, 3.8) is 0 Å². The van der Waals surface area contributed by atoms with Crippen LogP contribution in [0, 0.1) is 0 Å². The molecule has 0 amide bonds. The van der Waals surface area contributed by atoms with Crippen LogP contribution in [0.25, 0.3) is 0 Å². The Labute approximate surface area is 130 Å². The Morgan fingerprint density at radius 2 is 1.74 bits per heavy atom. The van der Waals surface area contributed by atoms with Gasteiger partial charge in [0, 0.05) is 18.1 Å². The Morgan fingerprint density at radius 1 is 1.00 bits per heavy atom. The van der Waals surface area contributed by atoms with E-state index in [0.29, 0.717) is 26.6 Å². The molecule has 0 atom stereocenters. The summed E-state index contributed by atoms with van der Waals surface area (Å²) < 4.78 is 5.56. The van der Waals surface area contributed by atoms with E-state index in [4.69, 9.17) is 51.1 Å². The van der Waals surface area contributed by atoms with Gasteiger partial charge in [-0.2, -0.15) is 4.98 Å². The van der Waals surface area contributed by atoms with E-state index in [1.165, 1.54) is 6.07 Å². The van der Waals surface area contributed by atoms with Gasteiger partial charge in [-0.3, -0.25) is 0 Å². The number of benzene rings is 1. The zero-order valence-corrected chi connectivity index (χ0v) is 12.7. The first-order valence-electron chi connectivity index (χ1n) is 5.18. The molecule has 1 aromatic carbocycles. The summed E-state index contributed by atoms with van der Waals surface area (Å²) in [7, 11) is 1.69. The number of nitrogens with zero attached hydrogens (tertiary/aromatic N) is 1. The van der Waals surface area contributed by atoms with Crippen molar-refractivity contribution in [2.24, 2.45) is 0 Å². The highest BCUT2D eigenvalue weighted by atomic mass is 35.5. The molecule has 100 valence electrons. The minimum atomic E-state index is 0.194. The van der Waals surface area contributed by atoms with Crippen LogP contribution in [0.3, 0.4) is 0 Å². The van der Waals surface area contributed by atoms with Crippen molar-refractivity contribution in [3.8, 4) is 11.6 Å². The molecule has 3 nitrogen and oxygen atoms in total. The minimum absolute atomic E-state index is 0.194. The highest BCUT2D eigenvalue weighted by molar-refractivity contribution is 6.37. The number of hydrogen-bond donors (Lipinski definition) is 1. The summed E-state index contributed by atoms with van der Waals surface area (Å²) >= 11 is 23.9. The topological polar surface area (TPSA) is 34.2 Å². The second kappa shape index (κ2) is 6.06. The maximum atomic E-state index is 6.02. The van der Waals surface area contributed by atoms with E-state index >= 15 is 0 Å². The van der Waals surface area contributed by atoms with Crippen molar-refractivity contribution >= 4 is 52.2 Å². The molecule has 0 aliphatic rings. The maximum Gasteiger partial charge on any atom is 0.240 e. The third kappa shape index (κ3) is 3.37. The summed E-state index contributed by atoms with van der Waals surface area (Å²) in [5, 5.41) is 4.42. The summed E-state index contributed by atoms with van der Waals surface area (Å²) in [6.45, 7) is 0. The van der Waals surface area contributed by atoms with Crippen molar-refractivity contribution in [2.75, 3.05) is 12.4 Å². The van der Waals surface area contributed by atoms with Crippen LogP contribution >= 0.6 is 46.4 Å². The highest BCUT2D eigenvalue weighted by Gasteiger charge is 2.12. The molecule has 0 bridgehead atoms. The van der Waals surface area contributed by atoms with E-state index in [0.717, 1.165) is 0 Å². The predicted octanol–water partition coefficient (Wildman–Crippen LogP) is 5.53. The summed E-state index contributed by atoms with van der Waals surface area (Å²) in [5.74, 6) is 1.02. The first-order valence-corrected chi connectivity index (χ1v) is 6.69. The van der Waals surface area contributed by atoms with Crippen molar-refractivity contribution in [1.82, 2.24) is 4.98 Å². The molecule has 2 rings (SSSR count). The van der Waals surface area contributed by atoms with E-state index < -0.39 is 0 Å². The predicted molar refractivity (Wildman–Crippen MR) is 80.3 cm³/mol. The lowest BCUT2D eigenvalue weighted by Crippen LogP contribution is -1.97. The molecule has 7 heteroatoms. The van der Waals surface area contributed by atoms with Gasteiger partial charge in [-0.25, -0.2) is 0 Å². The Bertz CT molecular complexity index is 619. The number of ether oxygens (including phenoxy) is 1. The second-order valence-electron chi connectivity index (χ2n) is 3.53. The standard InChI is InChI=1S/C12H8Cl4N2O/c1-17-11-8(15)5-9(16)12(18-11)19-10-4-6(13)2-3-7(10)14/h2-5H,1H3,(H,17,18). The van der Waals surface area contributed by atoms with Gasteiger partial charge < -0.3 is 10.1 Å². The SMILES string of the molecule is CNc1nc(Oc2cc(Cl)ccc2Cl)c(Cl)cc1Cl. The van der Waals surface area contributed by atoms with Gasteiger partial charge in [0.1, 0.15) is 16.6 Å². The number of aromatic nitrogens is 1. The average molecular weight is 338 g/mol. The van der Waals surface area contributed by atoms with Crippen LogP contribution in [0.1, 0.15) is 0 Å². The summed E-state index contributed by atoms with van der Waals surface area (Å²) in [5.41, 5.74) is 0. The minimum Gasteiger partial charge on any atom is -0.436 e. The van der Waals surface area contributed by atoms with Gasteiger partial charge in [-0.15, -0.1) is 0 Å². The lowest BCUT2D eigenvalue weighted by molar-refractivity contribution is 0.464. The van der Waals surface area contributed by atoms with Crippen LogP contribution in [0.15, 0.2) is 24.3 Å². The van der Waals surface area contributed by atoms with Crippen molar-refractivity contribution in [3.05, 3.63) is 44.4 Å². The fraction of sp³-hybridized carbons (Fsp3) is 0.0833. The van der Waals surface area contributed by atoms with Gasteiger partial charge >= 0.3 is 0 Å². The summed E-state index contributed by atoms with van der Waals surface area (Å²) in [4.78, 5) is 4.16. The molecule has 19 heavy (non-hydrogen) atoms. The molecule has 1 heterocycles. The van der Waals surface area contributed by atoms with E-state index in [9.17, 15) is 0 Å². The summed E-state index contributed by atoms with van der Waals surface area (Å²) in [6.07, 6.45) is 0. The number of hydrogen-bond acceptors (Lipinski definition) is 3. The number of halogens is 4. The Balaban J connectivity index is 2.40. The Morgan fingerprint density at radius 3 is 2.42 bits per heavy atom. The van der Waals surface area contributed by atoms with Crippen LogP contribution in [-0.4, -0.2) is 12.0 Å². The highest BCUT2D eigenvalue weighted by Crippen LogP contribution is 2.36. The van der Waals surface area contributed by atoms with Crippen LogP contribution in [-0.2, 0) is 0 Å².